The Hall–Kier alpha value is -2.17. The van der Waals surface area contributed by atoms with Crippen molar-refractivity contribution >= 4 is 11.7 Å². The van der Waals surface area contributed by atoms with Crippen molar-refractivity contribution in [1.29, 1.82) is 0 Å². The zero-order valence-corrected chi connectivity index (χ0v) is 14.9. The van der Waals surface area contributed by atoms with Crippen LogP contribution in [0.4, 0.5) is 10.5 Å². The van der Waals surface area contributed by atoms with Crippen LogP contribution in [-0.2, 0) is 0 Å². The summed E-state index contributed by atoms with van der Waals surface area (Å²) in [6.07, 6.45) is 6.84. The van der Waals surface area contributed by atoms with Crippen molar-refractivity contribution in [3.8, 4) is 11.5 Å². The van der Waals surface area contributed by atoms with Gasteiger partial charge in [0.25, 0.3) is 0 Å². The van der Waals surface area contributed by atoms with E-state index in [4.69, 9.17) is 9.47 Å². The molecule has 2 rings (SSSR count). The number of amides is 2. The molecular weight excluding hydrogens is 304 g/mol. The average molecular weight is 332 g/mol. The second kappa shape index (κ2) is 9.21. The number of hydrogen-bond acceptors (Lipinski definition) is 3. The lowest BCUT2D eigenvalue weighted by Gasteiger charge is -2.13. The van der Waals surface area contributed by atoms with Crippen LogP contribution >= 0.6 is 0 Å². The first kappa shape index (κ1) is 18.2. The lowest BCUT2D eigenvalue weighted by Crippen LogP contribution is -2.24. The predicted octanol–water partition coefficient (Wildman–Crippen LogP) is 4.70. The molecule has 5 nitrogen and oxygen atoms in total. The molecule has 1 aromatic carbocycles. The second-order valence-corrected chi connectivity index (χ2v) is 6.00. The summed E-state index contributed by atoms with van der Waals surface area (Å²) in [4.78, 5) is 12.1. The number of carbonyl (C=O) groups excluding carboxylic acids is 1. The topological polar surface area (TPSA) is 59.6 Å². The Bertz CT molecular complexity index is 578. The van der Waals surface area contributed by atoms with Crippen LogP contribution in [0, 0.1) is 5.92 Å². The van der Waals surface area contributed by atoms with E-state index in [0.29, 0.717) is 36.3 Å². The first-order chi connectivity index (χ1) is 11.6. The molecule has 2 amide bonds. The third-order valence-corrected chi connectivity index (χ3v) is 4.23. The number of urea groups is 1. The third-order valence-electron chi connectivity index (χ3n) is 4.23. The SMILES string of the molecule is CCOc1ccc(NC(=O)N/C=C(\C)C2CCCC2)cc1OCC. The highest BCUT2D eigenvalue weighted by Gasteiger charge is 2.16. The van der Waals surface area contributed by atoms with E-state index in [-0.39, 0.29) is 6.03 Å². The maximum Gasteiger partial charge on any atom is 0.323 e. The molecule has 5 heteroatoms. The van der Waals surface area contributed by atoms with Crippen LogP contribution in [0.3, 0.4) is 0 Å². The molecule has 24 heavy (non-hydrogen) atoms. The number of benzene rings is 1. The van der Waals surface area contributed by atoms with Gasteiger partial charge in [-0.15, -0.1) is 0 Å². The zero-order valence-electron chi connectivity index (χ0n) is 14.9. The van der Waals surface area contributed by atoms with E-state index in [1.165, 1.54) is 31.3 Å². The molecule has 0 spiro atoms. The molecule has 1 saturated carbocycles. The fraction of sp³-hybridized carbons (Fsp3) is 0.526. The van der Waals surface area contributed by atoms with Crippen LogP contribution in [0.25, 0.3) is 0 Å². The highest BCUT2D eigenvalue weighted by Crippen LogP contribution is 2.31. The molecule has 1 aromatic rings. The fourth-order valence-electron chi connectivity index (χ4n) is 2.97. The number of anilines is 1. The van der Waals surface area contributed by atoms with E-state index >= 15 is 0 Å². The van der Waals surface area contributed by atoms with Gasteiger partial charge in [-0.2, -0.15) is 0 Å². The quantitative estimate of drug-likeness (QED) is 0.761. The van der Waals surface area contributed by atoms with Crippen molar-refractivity contribution in [2.45, 2.75) is 46.5 Å². The van der Waals surface area contributed by atoms with Gasteiger partial charge in [0.15, 0.2) is 11.5 Å². The van der Waals surface area contributed by atoms with Crippen molar-refractivity contribution in [1.82, 2.24) is 5.32 Å². The highest BCUT2D eigenvalue weighted by molar-refractivity contribution is 5.90. The van der Waals surface area contributed by atoms with Gasteiger partial charge >= 0.3 is 6.03 Å². The molecule has 0 unspecified atom stereocenters. The van der Waals surface area contributed by atoms with Gasteiger partial charge in [0.05, 0.1) is 13.2 Å². The summed E-state index contributed by atoms with van der Waals surface area (Å²) in [5.74, 6) is 1.93. The van der Waals surface area contributed by atoms with Crippen molar-refractivity contribution in [2.75, 3.05) is 18.5 Å². The minimum Gasteiger partial charge on any atom is -0.490 e. The summed E-state index contributed by atoms with van der Waals surface area (Å²) in [6.45, 7) is 7.03. The molecule has 0 bridgehead atoms. The highest BCUT2D eigenvalue weighted by atomic mass is 16.5. The van der Waals surface area contributed by atoms with Crippen molar-refractivity contribution < 1.29 is 14.3 Å². The number of allylic oxidation sites excluding steroid dienone is 1. The smallest absolute Gasteiger partial charge is 0.323 e. The van der Waals surface area contributed by atoms with E-state index in [1.54, 1.807) is 12.1 Å². The summed E-state index contributed by atoms with van der Waals surface area (Å²) in [7, 11) is 0. The first-order valence-electron chi connectivity index (χ1n) is 8.77. The molecule has 1 aliphatic carbocycles. The number of rotatable bonds is 7. The summed E-state index contributed by atoms with van der Waals surface area (Å²) in [6, 6.07) is 5.14. The van der Waals surface area contributed by atoms with Crippen molar-refractivity contribution in [3.05, 3.63) is 30.0 Å². The Morgan fingerprint density at radius 1 is 1.17 bits per heavy atom. The average Bonchev–Trinajstić information content (AvgIpc) is 3.10. The maximum absolute atomic E-state index is 12.1. The zero-order chi connectivity index (χ0) is 17.4. The van der Waals surface area contributed by atoms with Gasteiger partial charge in [-0.25, -0.2) is 4.79 Å². The van der Waals surface area contributed by atoms with Crippen molar-refractivity contribution in [3.63, 3.8) is 0 Å². The predicted molar refractivity (Wildman–Crippen MR) is 96.6 cm³/mol. The first-order valence-corrected chi connectivity index (χ1v) is 8.77. The number of ether oxygens (including phenoxy) is 2. The molecule has 1 aliphatic rings. The Morgan fingerprint density at radius 3 is 2.50 bits per heavy atom. The van der Waals surface area contributed by atoms with E-state index in [9.17, 15) is 4.79 Å². The van der Waals surface area contributed by atoms with E-state index in [2.05, 4.69) is 17.6 Å². The van der Waals surface area contributed by atoms with Gasteiger partial charge in [-0.05, 0) is 51.7 Å². The lowest BCUT2D eigenvalue weighted by molar-refractivity contribution is 0.255. The Balaban J connectivity index is 1.95. The van der Waals surface area contributed by atoms with E-state index < -0.39 is 0 Å². The minimum absolute atomic E-state index is 0.251. The summed E-state index contributed by atoms with van der Waals surface area (Å²) >= 11 is 0. The monoisotopic (exact) mass is 332 g/mol. The van der Waals surface area contributed by atoms with Crippen LogP contribution in [0.2, 0.25) is 0 Å². The van der Waals surface area contributed by atoms with Gasteiger partial charge in [0.2, 0.25) is 0 Å². The van der Waals surface area contributed by atoms with Gasteiger partial charge < -0.3 is 20.1 Å². The van der Waals surface area contributed by atoms with Crippen LogP contribution in [0.1, 0.15) is 46.5 Å². The molecule has 0 saturated heterocycles. The summed E-state index contributed by atoms with van der Waals surface area (Å²) < 4.78 is 11.1. The standard InChI is InChI=1S/C19H28N2O3/c1-4-23-17-11-10-16(12-18(17)24-5-2)21-19(22)20-13-14(3)15-8-6-7-9-15/h10-13,15H,4-9H2,1-3H3,(H2,20,21,22)/b14-13+. The third kappa shape index (κ3) is 5.18. The molecule has 0 heterocycles. The molecule has 132 valence electrons. The molecule has 0 aromatic heterocycles. The van der Waals surface area contributed by atoms with E-state index in [1.807, 2.05) is 26.1 Å². The number of nitrogens with one attached hydrogen (secondary N) is 2. The Kier molecular flexibility index (Phi) is 6.97. The maximum atomic E-state index is 12.1. The van der Waals surface area contributed by atoms with Crippen molar-refractivity contribution in [2.24, 2.45) is 5.92 Å². The molecule has 0 radical (unpaired) electrons. The normalized spacial score (nSPS) is 15.2. The fourth-order valence-corrected chi connectivity index (χ4v) is 2.97. The summed E-state index contributed by atoms with van der Waals surface area (Å²) in [5, 5.41) is 5.64. The van der Waals surface area contributed by atoms with E-state index in [0.717, 1.165) is 0 Å². The molecule has 0 atom stereocenters. The van der Waals surface area contributed by atoms with Gasteiger partial charge in [-0.1, -0.05) is 18.4 Å². The minimum atomic E-state index is -0.251. The van der Waals surface area contributed by atoms with Crippen LogP contribution in [-0.4, -0.2) is 19.2 Å². The summed E-state index contributed by atoms with van der Waals surface area (Å²) in [5.41, 5.74) is 1.91. The lowest BCUT2D eigenvalue weighted by atomic mass is 10.0. The molecule has 2 N–H and O–H groups in total. The molecule has 1 fully saturated rings. The van der Waals surface area contributed by atoms with Crippen LogP contribution in [0.15, 0.2) is 30.0 Å². The van der Waals surface area contributed by atoms with Crippen LogP contribution < -0.4 is 20.1 Å². The van der Waals surface area contributed by atoms with Gasteiger partial charge in [0.1, 0.15) is 0 Å². The largest absolute Gasteiger partial charge is 0.490 e. The number of carbonyl (C=O) groups is 1. The molecular formula is C19H28N2O3. The Morgan fingerprint density at radius 2 is 1.83 bits per heavy atom. The van der Waals surface area contributed by atoms with Crippen LogP contribution in [0.5, 0.6) is 11.5 Å². The second-order valence-electron chi connectivity index (χ2n) is 6.00. The number of hydrogen-bond donors (Lipinski definition) is 2. The van der Waals surface area contributed by atoms with Gasteiger partial charge in [0, 0.05) is 18.0 Å². The van der Waals surface area contributed by atoms with Gasteiger partial charge in [-0.3, -0.25) is 0 Å². The Labute approximate surface area is 144 Å². The molecule has 0 aliphatic heterocycles.